The van der Waals surface area contributed by atoms with Crippen LogP contribution in [-0.2, 0) is 11.3 Å². The summed E-state index contributed by atoms with van der Waals surface area (Å²) >= 11 is 0. The number of nitrogens with zero attached hydrogens (tertiary/aromatic N) is 4. The van der Waals surface area contributed by atoms with Crippen LogP contribution in [0, 0.1) is 13.8 Å². The summed E-state index contributed by atoms with van der Waals surface area (Å²) in [7, 11) is 0. The molecule has 4 rings (SSSR count). The summed E-state index contributed by atoms with van der Waals surface area (Å²) in [6.07, 6.45) is 2.87. The van der Waals surface area contributed by atoms with Gasteiger partial charge >= 0.3 is 0 Å². The number of anilines is 1. The average Bonchev–Trinajstić information content (AvgIpc) is 3.18. The molecule has 1 N–H and O–H groups in total. The maximum absolute atomic E-state index is 12.9. The van der Waals surface area contributed by atoms with Gasteiger partial charge in [0.2, 0.25) is 5.91 Å². The Bertz CT molecular complexity index is 1320. The van der Waals surface area contributed by atoms with Crippen molar-refractivity contribution in [1.29, 1.82) is 0 Å². The van der Waals surface area contributed by atoms with E-state index in [2.05, 4.69) is 15.4 Å². The molecule has 158 valence electrons. The van der Waals surface area contributed by atoms with Gasteiger partial charge in [-0.1, -0.05) is 24.3 Å². The standard InChI is InChI=1S/C23H23N5O3/c1-4-31-20-11-6-5-9-18(20)26-21(29)13-27-14-24-22-17(23(27)30)12-25-28(22)19-10-7-8-15(2)16(19)3/h5-12,14H,4,13H2,1-3H3,(H,26,29). The minimum atomic E-state index is -0.350. The summed E-state index contributed by atoms with van der Waals surface area (Å²) in [6.45, 7) is 6.21. The Morgan fingerprint density at radius 3 is 2.74 bits per heavy atom. The summed E-state index contributed by atoms with van der Waals surface area (Å²) in [4.78, 5) is 29.9. The molecule has 1 amide bonds. The zero-order valence-corrected chi connectivity index (χ0v) is 17.6. The fourth-order valence-electron chi connectivity index (χ4n) is 3.40. The highest BCUT2D eigenvalue weighted by molar-refractivity contribution is 5.92. The van der Waals surface area contributed by atoms with Gasteiger partial charge in [0.05, 0.1) is 24.2 Å². The predicted molar refractivity (Wildman–Crippen MR) is 119 cm³/mol. The number of carbonyl (C=O) groups is 1. The van der Waals surface area contributed by atoms with Crippen LogP contribution in [0.1, 0.15) is 18.1 Å². The van der Waals surface area contributed by atoms with E-state index in [0.29, 0.717) is 29.1 Å². The first-order valence-electron chi connectivity index (χ1n) is 10.0. The average molecular weight is 417 g/mol. The van der Waals surface area contributed by atoms with Crippen LogP contribution >= 0.6 is 0 Å². The van der Waals surface area contributed by atoms with E-state index in [0.717, 1.165) is 16.8 Å². The minimum absolute atomic E-state index is 0.170. The molecule has 2 aromatic carbocycles. The van der Waals surface area contributed by atoms with E-state index in [9.17, 15) is 9.59 Å². The van der Waals surface area contributed by atoms with E-state index < -0.39 is 0 Å². The number of para-hydroxylation sites is 2. The van der Waals surface area contributed by atoms with E-state index in [1.54, 1.807) is 22.9 Å². The highest BCUT2D eigenvalue weighted by Crippen LogP contribution is 2.23. The molecule has 0 radical (unpaired) electrons. The van der Waals surface area contributed by atoms with E-state index in [4.69, 9.17) is 4.74 Å². The Hall–Kier alpha value is -3.94. The van der Waals surface area contributed by atoms with Gasteiger partial charge in [-0.3, -0.25) is 14.2 Å². The molecule has 0 spiro atoms. The normalized spacial score (nSPS) is 10.9. The molecular formula is C23H23N5O3. The van der Waals surface area contributed by atoms with Crippen molar-refractivity contribution < 1.29 is 9.53 Å². The number of ether oxygens (including phenoxy) is 1. The highest BCUT2D eigenvalue weighted by Gasteiger charge is 2.15. The Balaban J connectivity index is 1.62. The van der Waals surface area contributed by atoms with Gasteiger partial charge in [0.1, 0.15) is 24.0 Å². The van der Waals surface area contributed by atoms with Crippen LogP contribution < -0.4 is 15.6 Å². The van der Waals surface area contributed by atoms with Gasteiger partial charge in [0, 0.05) is 0 Å². The first-order chi connectivity index (χ1) is 15.0. The molecule has 0 aliphatic carbocycles. The van der Waals surface area contributed by atoms with Gasteiger partial charge in [-0.25, -0.2) is 9.67 Å². The number of benzene rings is 2. The van der Waals surface area contributed by atoms with Crippen LogP contribution in [0.4, 0.5) is 5.69 Å². The van der Waals surface area contributed by atoms with Crippen LogP contribution in [0.25, 0.3) is 16.7 Å². The summed E-state index contributed by atoms with van der Waals surface area (Å²) in [5, 5.41) is 7.52. The van der Waals surface area contributed by atoms with E-state index in [-0.39, 0.29) is 18.0 Å². The fraction of sp³-hybridized carbons (Fsp3) is 0.217. The lowest BCUT2D eigenvalue weighted by Crippen LogP contribution is -2.28. The van der Waals surface area contributed by atoms with Crippen LogP contribution in [0.5, 0.6) is 5.75 Å². The van der Waals surface area contributed by atoms with Crippen LogP contribution in [-0.4, -0.2) is 31.8 Å². The minimum Gasteiger partial charge on any atom is -0.492 e. The predicted octanol–water partition coefficient (Wildman–Crippen LogP) is 3.24. The van der Waals surface area contributed by atoms with E-state index in [1.807, 2.05) is 45.0 Å². The molecule has 0 bridgehead atoms. The number of rotatable bonds is 6. The maximum Gasteiger partial charge on any atom is 0.264 e. The molecule has 0 fully saturated rings. The molecule has 0 saturated heterocycles. The molecule has 0 atom stereocenters. The number of aromatic nitrogens is 4. The van der Waals surface area contributed by atoms with Crippen molar-refractivity contribution in [2.24, 2.45) is 0 Å². The van der Waals surface area contributed by atoms with Gasteiger partial charge in [-0.05, 0) is 50.1 Å². The van der Waals surface area contributed by atoms with Crippen LogP contribution in [0.2, 0.25) is 0 Å². The first-order valence-corrected chi connectivity index (χ1v) is 10.0. The molecule has 2 aromatic heterocycles. The lowest BCUT2D eigenvalue weighted by atomic mass is 10.1. The number of aryl methyl sites for hydroxylation is 1. The lowest BCUT2D eigenvalue weighted by molar-refractivity contribution is -0.116. The second-order valence-electron chi connectivity index (χ2n) is 7.17. The number of carbonyl (C=O) groups excluding carboxylic acids is 1. The zero-order chi connectivity index (χ0) is 22.0. The van der Waals surface area contributed by atoms with Gasteiger partial charge < -0.3 is 10.1 Å². The van der Waals surface area contributed by atoms with E-state index >= 15 is 0 Å². The smallest absolute Gasteiger partial charge is 0.264 e. The Morgan fingerprint density at radius 2 is 1.94 bits per heavy atom. The Kier molecular flexibility index (Phi) is 5.53. The largest absolute Gasteiger partial charge is 0.492 e. The van der Waals surface area contributed by atoms with Crippen molar-refractivity contribution in [1.82, 2.24) is 19.3 Å². The van der Waals surface area contributed by atoms with Crippen molar-refractivity contribution in [3.8, 4) is 11.4 Å². The summed E-state index contributed by atoms with van der Waals surface area (Å²) in [6, 6.07) is 13.1. The second kappa shape index (κ2) is 8.43. The molecule has 0 aliphatic heterocycles. The Labute approximate surface area is 179 Å². The third kappa shape index (κ3) is 3.92. The molecule has 0 saturated carbocycles. The van der Waals surface area contributed by atoms with Gasteiger partial charge in [0.15, 0.2) is 5.65 Å². The molecule has 31 heavy (non-hydrogen) atoms. The fourth-order valence-corrected chi connectivity index (χ4v) is 3.40. The Morgan fingerprint density at radius 1 is 1.13 bits per heavy atom. The molecular weight excluding hydrogens is 394 g/mol. The summed E-state index contributed by atoms with van der Waals surface area (Å²) in [5.74, 6) is 0.228. The summed E-state index contributed by atoms with van der Waals surface area (Å²) in [5.41, 5.74) is 3.74. The zero-order valence-electron chi connectivity index (χ0n) is 17.6. The monoisotopic (exact) mass is 417 g/mol. The van der Waals surface area contributed by atoms with E-state index in [1.165, 1.54) is 17.1 Å². The number of hydrogen-bond acceptors (Lipinski definition) is 5. The third-order valence-corrected chi connectivity index (χ3v) is 5.13. The first kappa shape index (κ1) is 20.3. The maximum atomic E-state index is 12.9. The SMILES string of the molecule is CCOc1ccccc1NC(=O)Cn1cnc2c(cnn2-c2cccc(C)c2C)c1=O. The van der Waals surface area contributed by atoms with Crippen molar-refractivity contribution in [2.75, 3.05) is 11.9 Å². The third-order valence-electron chi connectivity index (χ3n) is 5.13. The van der Waals surface area contributed by atoms with Gasteiger partial charge in [-0.2, -0.15) is 5.10 Å². The number of hydrogen-bond donors (Lipinski definition) is 1. The van der Waals surface area contributed by atoms with Gasteiger partial charge in [-0.15, -0.1) is 0 Å². The van der Waals surface area contributed by atoms with Gasteiger partial charge in [0.25, 0.3) is 5.56 Å². The molecule has 0 unspecified atom stereocenters. The van der Waals surface area contributed by atoms with Crippen molar-refractivity contribution in [3.05, 3.63) is 76.5 Å². The van der Waals surface area contributed by atoms with Crippen molar-refractivity contribution in [2.45, 2.75) is 27.3 Å². The van der Waals surface area contributed by atoms with Crippen molar-refractivity contribution in [3.63, 3.8) is 0 Å². The second-order valence-corrected chi connectivity index (χ2v) is 7.17. The quantitative estimate of drug-likeness (QED) is 0.520. The molecule has 8 heteroatoms. The lowest BCUT2D eigenvalue weighted by Gasteiger charge is -2.12. The highest BCUT2D eigenvalue weighted by atomic mass is 16.5. The summed E-state index contributed by atoms with van der Waals surface area (Å²) < 4.78 is 8.45. The number of nitrogens with one attached hydrogen (secondary N) is 1. The molecule has 0 aliphatic rings. The molecule has 4 aromatic rings. The van der Waals surface area contributed by atoms with Crippen LogP contribution in [0.15, 0.2) is 59.8 Å². The molecule has 8 nitrogen and oxygen atoms in total. The number of fused-ring (bicyclic) bond motifs is 1. The molecule has 2 heterocycles. The number of amides is 1. The topological polar surface area (TPSA) is 91.0 Å². The van der Waals surface area contributed by atoms with Crippen LogP contribution in [0.3, 0.4) is 0 Å². The van der Waals surface area contributed by atoms with Crippen molar-refractivity contribution >= 4 is 22.6 Å².